The van der Waals surface area contributed by atoms with Crippen LogP contribution in [0.4, 0.5) is 0 Å². The molecule has 86 valence electrons. The lowest BCUT2D eigenvalue weighted by Crippen LogP contribution is -2.02. The highest BCUT2D eigenvalue weighted by Gasteiger charge is 2.12. The molecule has 17 heavy (non-hydrogen) atoms. The Bertz CT molecular complexity index is 557. The van der Waals surface area contributed by atoms with E-state index in [9.17, 15) is 4.79 Å². The van der Waals surface area contributed by atoms with Crippen molar-refractivity contribution in [2.45, 2.75) is 25.7 Å². The van der Waals surface area contributed by atoms with Crippen molar-refractivity contribution in [3.05, 3.63) is 41.1 Å². The molecule has 3 rings (SSSR count). The van der Waals surface area contributed by atoms with Gasteiger partial charge >= 0.3 is 0 Å². The zero-order chi connectivity index (χ0) is 11.7. The number of hydrogen-bond donors (Lipinski definition) is 1. The van der Waals surface area contributed by atoms with Crippen LogP contribution in [-0.4, -0.2) is 16.5 Å². The fraction of sp³-hybridized carbons (Fsp3) is 0.286. The molecule has 1 aromatic heterocycles. The molecule has 1 heterocycles. The summed E-state index contributed by atoms with van der Waals surface area (Å²) >= 11 is 0. The minimum Gasteiger partial charge on any atom is -0.298 e. The van der Waals surface area contributed by atoms with Crippen LogP contribution < -0.4 is 0 Å². The minimum absolute atomic E-state index is 0.626. The molecule has 0 spiro atoms. The smallest absolute Gasteiger partial charge is 0.153 e. The number of benzene rings is 1. The second-order valence-corrected chi connectivity index (χ2v) is 4.51. The van der Waals surface area contributed by atoms with Crippen molar-refractivity contribution in [3.8, 4) is 11.3 Å². The van der Waals surface area contributed by atoms with Gasteiger partial charge in [0.2, 0.25) is 0 Å². The number of hydrogen-bond acceptors (Lipinski definition) is 2. The molecular weight excluding hydrogens is 212 g/mol. The number of aromatic amines is 1. The summed E-state index contributed by atoms with van der Waals surface area (Å²) in [5, 5.41) is 6.82. The van der Waals surface area contributed by atoms with E-state index in [2.05, 4.69) is 28.4 Å². The Kier molecular flexibility index (Phi) is 2.52. The van der Waals surface area contributed by atoms with Gasteiger partial charge in [-0.25, -0.2) is 0 Å². The van der Waals surface area contributed by atoms with Gasteiger partial charge in [-0.1, -0.05) is 12.1 Å². The lowest BCUT2D eigenvalue weighted by Gasteiger charge is -2.16. The van der Waals surface area contributed by atoms with Gasteiger partial charge in [0.05, 0.1) is 17.5 Å². The highest BCUT2D eigenvalue weighted by molar-refractivity contribution is 5.85. The molecule has 1 N–H and O–H groups in total. The largest absolute Gasteiger partial charge is 0.298 e. The summed E-state index contributed by atoms with van der Waals surface area (Å²) in [7, 11) is 0. The molecular formula is C14H14N2O. The summed E-state index contributed by atoms with van der Waals surface area (Å²) in [6, 6.07) is 6.44. The summed E-state index contributed by atoms with van der Waals surface area (Å²) in [5.74, 6) is 0. The van der Waals surface area contributed by atoms with E-state index in [1.807, 2.05) is 0 Å². The van der Waals surface area contributed by atoms with E-state index in [1.54, 1.807) is 6.20 Å². The van der Waals surface area contributed by atoms with E-state index in [-0.39, 0.29) is 0 Å². The van der Waals surface area contributed by atoms with Crippen molar-refractivity contribution < 1.29 is 4.79 Å². The van der Waals surface area contributed by atoms with E-state index in [0.717, 1.165) is 24.0 Å². The third kappa shape index (κ3) is 1.78. The predicted octanol–water partition coefficient (Wildman–Crippen LogP) is 2.77. The SMILES string of the molecule is O=Cc1cn[nH]c1-c1ccc2c(c1)CCCC2. The first kappa shape index (κ1) is 10.3. The van der Waals surface area contributed by atoms with Crippen LogP contribution in [0.15, 0.2) is 24.4 Å². The van der Waals surface area contributed by atoms with E-state index < -0.39 is 0 Å². The molecule has 1 aliphatic rings. The zero-order valence-electron chi connectivity index (χ0n) is 9.57. The first-order valence-electron chi connectivity index (χ1n) is 5.99. The molecule has 0 unspecified atom stereocenters. The zero-order valence-corrected chi connectivity index (χ0v) is 9.57. The average molecular weight is 226 g/mol. The molecule has 3 nitrogen and oxygen atoms in total. The van der Waals surface area contributed by atoms with Crippen LogP contribution in [0.25, 0.3) is 11.3 Å². The molecule has 0 bridgehead atoms. The minimum atomic E-state index is 0.626. The second-order valence-electron chi connectivity index (χ2n) is 4.51. The van der Waals surface area contributed by atoms with E-state index in [1.165, 1.54) is 30.4 Å². The number of nitrogens with one attached hydrogen (secondary N) is 1. The second kappa shape index (κ2) is 4.17. The van der Waals surface area contributed by atoms with Gasteiger partial charge in [-0.15, -0.1) is 0 Å². The third-order valence-corrected chi connectivity index (χ3v) is 3.43. The van der Waals surface area contributed by atoms with Crippen LogP contribution in [0.1, 0.15) is 34.3 Å². The summed E-state index contributed by atoms with van der Waals surface area (Å²) in [6.07, 6.45) is 7.29. The standard InChI is InChI=1S/C14H14N2O/c17-9-13-8-15-16-14(13)12-6-5-10-3-1-2-4-11(10)7-12/h5-9H,1-4H2,(H,15,16). The Hall–Kier alpha value is -1.90. The number of fused-ring (bicyclic) bond motifs is 1. The van der Waals surface area contributed by atoms with E-state index in [4.69, 9.17) is 0 Å². The number of carbonyl (C=O) groups excluding carboxylic acids is 1. The average Bonchev–Trinajstić information content (AvgIpc) is 2.86. The summed E-state index contributed by atoms with van der Waals surface area (Å²) in [4.78, 5) is 10.9. The molecule has 0 fully saturated rings. The Morgan fingerprint density at radius 1 is 1.18 bits per heavy atom. The van der Waals surface area contributed by atoms with Crippen LogP contribution in [0.5, 0.6) is 0 Å². The maximum Gasteiger partial charge on any atom is 0.153 e. The highest BCUT2D eigenvalue weighted by Crippen LogP contribution is 2.27. The molecule has 0 radical (unpaired) electrons. The van der Waals surface area contributed by atoms with Crippen molar-refractivity contribution in [3.63, 3.8) is 0 Å². The van der Waals surface area contributed by atoms with E-state index >= 15 is 0 Å². The number of H-pyrrole nitrogens is 1. The molecule has 1 aliphatic carbocycles. The lowest BCUT2D eigenvalue weighted by molar-refractivity contribution is 0.112. The molecule has 0 saturated heterocycles. The van der Waals surface area contributed by atoms with E-state index in [0.29, 0.717) is 5.56 Å². The maximum absolute atomic E-state index is 10.9. The van der Waals surface area contributed by atoms with Crippen LogP contribution in [0.3, 0.4) is 0 Å². The summed E-state index contributed by atoms with van der Waals surface area (Å²) < 4.78 is 0. The number of carbonyl (C=O) groups is 1. The Morgan fingerprint density at radius 3 is 2.82 bits per heavy atom. The molecule has 3 heteroatoms. The first-order chi connectivity index (χ1) is 8.38. The highest BCUT2D eigenvalue weighted by atomic mass is 16.1. The molecule has 0 aliphatic heterocycles. The predicted molar refractivity (Wildman–Crippen MR) is 66.1 cm³/mol. The van der Waals surface area contributed by atoms with Crippen LogP contribution in [0, 0.1) is 0 Å². The van der Waals surface area contributed by atoms with Gasteiger partial charge < -0.3 is 0 Å². The van der Waals surface area contributed by atoms with Gasteiger partial charge in [-0.2, -0.15) is 5.10 Å². The quantitative estimate of drug-likeness (QED) is 0.800. The van der Waals surface area contributed by atoms with Gasteiger partial charge in [-0.05, 0) is 42.9 Å². The molecule has 0 amide bonds. The first-order valence-corrected chi connectivity index (χ1v) is 5.99. The summed E-state index contributed by atoms with van der Waals surface area (Å²) in [5.41, 5.74) is 5.38. The van der Waals surface area contributed by atoms with Crippen LogP contribution >= 0.6 is 0 Å². The number of rotatable bonds is 2. The van der Waals surface area contributed by atoms with Gasteiger partial charge in [0.25, 0.3) is 0 Å². The Morgan fingerprint density at radius 2 is 2.00 bits per heavy atom. The molecule has 0 atom stereocenters. The molecule has 2 aromatic rings. The van der Waals surface area contributed by atoms with Gasteiger partial charge in [-0.3, -0.25) is 9.89 Å². The van der Waals surface area contributed by atoms with Crippen molar-refractivity contribution in [2.75, 3.05) is 0 Å². The third-order valence-electron chi connectivity index (χ3n) is 3.43. The Labute approximate surface area is 99.9 Å². The lowest BCUT2D eigenvalue weighted by atomic mass is 9.89. The van der Waals surface area contributed by atoms with Crippen molar-refractivity contribution >= 4 is 6.29 Å². The maximum atomic E-state index is 10.9. The normalized spacial score (nSPS) is 14.4. The van der Waals surface area contributed by atoms with Crippen LogP contribution in [-0.2, 0) is 12.8 Å². The van der Waals surface area contributed by atoms with Gasteiger partial charge in [0.1, 0.15) is 0 Å². The van der Waals surface area contributed by atoms with Gasteiger partial charge in [0.15, 0.2) is 6.29 Å². The fourth-order valence-electron chi connectivity index (χ4n) is 2.50. The van der Waals surface area contributed by atoms with Crippen LogP contribution in [0.2, 0.25) is 0 Å². The number of aldehydes is 1. The molecule has 1 aromatic carbocycles. The fourth-order valence-corrected chi connectivity index (χ4v) is 2.50. The van der Waals surface area contributed by atoms with Crippen molar-refractivity contribution in [1.82, 2.24) is 10.2 Å². The topological polar surface area (TPSA) is 45.8 Å². The van der Waals surface area contributed by atoms with Gasteiger partial charge in [0, 0.05) is 5.56 Å². The Balaban J connectivity index is 2.07. The monoisotopic (exact) mass is 226 g/mol. The van der Waals surface area contributed by atoms with Crippen molar-refractivity contribution in [1.29, 1.82) is 0 Å². The molecule has 0 saturated carbocycles. The number of aryl methyl sites for hydroxylation is 2. The number of aromatic nitrogens is 2. The summed E-state index contributed by atoms with van der Waals surface area (Å²) in [6.45, 7) is 0. The number of nitrogens with zero attached hydrogens (tertiary/aromatic N) is 1. The van der Waals surface area contributed by atoms with Crippen molar-refractivity contribution in [2.24, 2.45) is 0 Å².